The van der Waals surface area contributed by atoms with Gasteiger partial charge in [0, 0.05) is 14.2 Å². The minimum atomic E-state index is 0. The topological polar surface area (TPSA) is 36.9 Å². The molecule has 0 spiro atoms. The van der Waals surface area contributed by atoms with Gasteiger partial charge in [-0.2, -0.15) is 0 Å². The van der Waals surface area contributed by atoms with E-state index < -0.39 is 0 Å². The largest absolute Gasteiger partial charge is 3.00 e. The molecule has 0 aromatic heterocycles. The van der Waals surface area contributed by atoms with Crippen LogP contribution in [0.5, 0.6) is 0 Å². The normalized spacial score (nSPS) is 9.69. The summed E-state index contributed by atoms with van der Waals surface area (Å²) in [6, 6.07) is 0. The van der Waals surface area contributed by atoms with E-state index in [1.807, 2.05) is 0 Å². The Labute approximate surface area is 105 Å². The molecule has 0 aliphatic rings. The van der Waals surface area contributed by atoms with Crippen LogP contribution < -0.4 is 0 Å². The average Bonchev–Trinajstić information content (AvgIpc) is 2.10. The predicted octanol–water partition coefficient (Wildman–Crippen LogP) is 0.310. The Balaban J connectivity index is 0. The van der Waals surface area contributed by atoms with Crippen molar-refractivity contribution in [3.8, 4) is 0 Å². The van der Waals surface area contributed by atoms with E-state index in [0.717, 1.165) is 0 Å². The fourth-order valence-electron chi connectivity index (χ4n) is 0.606. The summed E-state index contributed by atoms with van der Waals surface area (Å²) in [6.07, 6.45) is 0. The van der Waals surface area contributed by atoms with Crippen LogP contribution in [0, 0.1) is 0 Å². The molecule has 5 heteroatoms. The minimum Gasteiger partial charge on any atom is -0.382 e. The van der Waals surface area contributed by atoms with E-state index in [-0.39, 0.29) is 32.7 Å². The Hall–Kier alpha value is 0.944. The Bertz CT molecular complexity index is 72.5. The van der Waals surface area contributed by atoms with Crippen LogP contribution in [0.3, 0.4) is 0 Å². The molecule has 0 bridgehead atoms. The van der Waals surface area contributed by atoms with Crippen LogP contribution >= 0.6 is 0 Å². The SMILES string of the molecule is COCCOCCOCCOC.[Y+3]. The monoisotopic (exact) mass is 267 g/mol. The number of rotatable bonds is 9. The van der Waals surface area contributed by atoms with Crippen molar-refractivity contribution in [3.05, 3.63) is 0 Å². The van der Waals surface area contributed by atoms with Crippen molar-refractivity contribution in [2.75, 3.05) is 53.9 Å². The molecule has 0 rings (SSSR count). The van der Waals surface area contributed by atoms with E-state index in [1.54, 1.807) is 14.2 Å². The number of hydrogen-bond donors (Lipinski definition) is 0. The van der Waals surface area contributed by atoms with E-state index in [9.17, 15) is 0 Å². The van der Waals surface area contributed by atoms with Gasteiger partial charge < -0.3 is 18.9 Å². The van der Waals surface area contributed by atoms with Crippen LogP contribution in [0.25, 0.3) is 0 Å². The van der Waals surface area contributed by atoms with Crippen LogP contribution in [0.4, 0.5) is 0 Å². The first kappa shape index (κ1) is 16.4. The van der Waals surface area contributed by atoms with Gasteiger partial charge in [-0.25, -0.2) is 0 Å². The third-order valence-electron chi connectivity index (χ3n) is 1.24. The second kappa shape index (κ2) is 15.4. The Morgan fingerprint density at radius 1 is 0.615 bits per heavy atom. The van der Waals surface area contributed by atoms with Gasteiger partial charge in [0.25, 0.3) is 0 Å². The van der Waals surface area contributed by atoms with Gasteiger partial charge in [-0.05, 0) is 0 Å². The van der Waals surface area contributed by atoms with Crippen LogP contribution in [0.1, 0.15) is 0 Å². The smallest absolute Gasteiger partial charge is 0.382 e. The minimum absolute atomic E-state index is 0. The fourth-order valence-corrected chi connectivity index (χ4v) is 0.606. The number of ether oxygens (including phenoxy) is 4. The van der Waals surface area contributed by atoms with Crippen molar-refractivity contribution >= 4 is 0 Å². The van der Waals surface area contributed by atoms with Gasteiger partial charge in [-0.1, -0.05) is 0 Å². The Kier molecular flexibility index (Phi) is 19.4. The molecule has 0 amide bonds. The van der Waals surface area contributed by atoms with Gasteiger partial charge in [0.15, 0.2) is 0 Å². The van der Waals surface area contributed by atoms with Crippen molar-refractivity contribution in [2.24, 2.45) is 0 Å². The van der Waals surface area contributed by atoms with E-state index in [1.165, 1.54) is 0 Å². The number of hydrogen-bond acceptors (Lipinski definition) is 4. The summed E-state index contributed by atoms with van der Waals surface area (Å²) < 4.78 is 19.9. The van der Waals surface area contributed by atoms with Gasteiger partial charge in [-0.3, -0.25) is 0 Å². The van der Waals surface area contributed by atoms with Gasteiger partial charge in [0.2, 0.25) is 0 Å². The van der Waals surface area contributed by atoms with Crippen molar-refractivity contribution in [3.63, 3.8) is 0 Å². The van der Waals surface area contributed by atoms with E-state index in [2.05, 4.69) is 0 Å². The summed E-state index contributed by atoms with van der Waals surface area (Å²) in [5, 5.41) is 0. The zero-order valence-corrected chi connectivity index (χ0v) is 11.3. The molecule has 0 fully saturated rings. The van der Waals surface area contributed by atoms with Gasteiger partial charge in [-0.15, -0.1) is 0 Å². The van der Waals surface area contributed by atoms with Crippen molar-refractivity contribution in [2.45, 2.75) is 0 Å². The molecule has 4 nitrogen and oxygen atoms in total. The molecule has 0 saturated heterocycles. The van der Waals surface area contributed by atoms with Crippen molar-refractivity contribution in [1.82, 2.24) is 0 Å². The Morgan fingerprint density at radius 2 is 0.923 bits per heavy atom. The molecule has 13 heavy (non-hydrogen) atoms. The molecule has 0 unspecified atom stereocenters. The Morgan fingerprint density at radius 3 is 1.23 bits per heavy atom. The summed E-state index contributed by atoms with van der Waals surface area (Å²) in [6.45, 7) is 3.77. The molecule has 0 aliphatic heterocycles. The van der Waals surface area contributed by atoms with E-state index in [4.69, 9.17) is 18.9 Å². The summed E-state index contributed by atoms with van der Waals surface area (Å²) in [5.41, 5.74) is 0. The molecule has 0 N–H and O–H groups in total. The molecule has 0 heterocycles. The summed E-state index contributed by atoms with van der Waals surface area (Å²) in [5.74, 6) is 0. The molecule has 0 aromatic rings. The zero-order chi connectivity index (χ0) is 9.07. The zero-order valence-electron chi connectivity index (χ0n) is 8.45. The fraction of sp³-hybridized carbons (Fsp3) is 1.00. The first-order chi connectivity index (χ1) is 5.91. The molecular formula is C8H18O4Y+3. The van der Waals surface area contributed by atoms with Gasteiger partial charge in [0.1, 0.15) is 0 Å². The van der Waals surface area contributed by atoms with Crippen LogP contribution in [0.2, 0.25) is 0 Å². The maximum absolute atomic E-state index is 5.16. The second-order valence-corrected chi connectivity index (χ2v) is 2.21. The van der Waals surface area contributed by atoms with E-state index in [0.29, 0.717) is 39.6 Å². The van der Waals surface area contributed by atoms with Gasteiger partial charge >= 0.3 is 32.7 Å². The molecular weight excluding hydrogens is 249 g/mol. The molecule has 0 radical (unpaired) electrons. The maximum Gasteiger partial charge on any atom is 3.00 e. The summed E-state index contributed by atoms with van der Waals surface area (Å²) >= 11 is 0. The van der Waals surface area contributed by atoms with Crippen molar-refractivity contribution in [1.29, 1.82) is 0 Å². The first-order valence-electron chi connectivity index (χ1n) is 4.05. The molecule has 0 aromatic carbocycles. The third kappa shape index (κ3) is 15.7. The quantitative estimate of drug-likeness (QED) is 0.563. The average molecular weight is 267 g/mol. The summed E-state index contributed by atoms with van der Waals surface area (Å²) in [7, 11) is 3.30. The molecule has 0 saturated carbocycles. The third-order valence-corrected chi connectivity index (χ3v) is 1.24. The molecule has 0 atom stereocenters. The molecule has 0 aliphatic carbocycles. The van der Waals surface area contributed by atoms with Crippen molar-refractivity contribution < 1.29 is 51.7 Å². The van der Waals surface area contributed by atoms with Gasteiger partial charge in [0.05, 0.1) is 39.6 Å². The van der Waals surface area contributed by atoms with Crippen LogP contribution in [-0.2, 0) is 51.7 Å². The van der Waals surface area contributed by atoms with Crippen LogP contribution in [-0.4, -0.2) is 53.9 Å². The number of methoxy groups -OCH3 is 2. The second-order valence-electron chi connectivity index (χ2n) is 2.21. The van der Waals surface area contributed by atoms with E-state index >= 15 is 0 Å². The predicted molar refractivity (Wildman–Crippen MR) is 45.4 cm³/mol. The van der Waals surface area contributed by atoms with Crippen LogP contribution in [0.15, 0.2) is 0 Å². The molecule has 74 valence electrons. The first-order valence-corrected chi connectivity index (χ1v) is 4.05. The standard InChI is InChI=1S/C8H18O4.Y/c1-9-3-5-11-7-8-12-6-4-10-2;/h3-8H2,1-2H3;/q;+3. The summed E-state index contributed by atoms with van der Waals surface area (Å²) in [4.78, 5) is 0. The maximum atomic E-state index is 5.16.